The van der Waals surface area contributed by atoms with Gasteiger partial charge in [-0.2, -0.15) is 5.26 Å². The first-order valence-corrected chi connectivity index (χ1v) is 5.37. The summed E-state index contributed by atoms with van der Waals surface area (Å²) in [6.45, 7) is 0.0582. The summed E-state index contributed by atoms with van der Waals surface area (Å²) in [4.78, 5) is 18.6. The first kappa shape index (κ1) is 12.5. The second kappa shape index (κ2) is 5.60. The maximum atomic E-state index is 10.9. The zero-order valence-electron chi connectivity index (χ0n) is 9.78. The highest BCUT2D eigenvalue weighted by molar-refractivity contribution is 5.88. The minimum absolute atomic E-state index is 0.0582. The van der Waals surface area contributed by atoms with Gasteiger partial charge in [-0.1, -0.05) is 6.07 Å². The Balaban J connectivity index is 2.20. The fraction of sp³-hybridized carbons (Fsp3) is 0.0769. The molecular formula is C13H9N3O3. The highest BCUT2D eigenvalue weighted by Crippen LogP contribution is 2.17. The Labute approximate surface area is 108 Å². The van der Waals surface area contributed by atoms with E-state index < -0.39 is 5.97 Å². The minimum atomic E-state index is -1.16. The predicted molar refractivity (Wildman–Crippen MR) is 64.5 cm³/mol. The van der Waals surface area contributed by atoms with Gasteiger partial charge >= 0.3 is 5.97 Å². The molecule has 0 saturated heterocycles. The highest BCUT2D eigenvalue weighted by Gasteiger charge is 2.13. The maximum absolute atomic E-state index is 10.9. The molecule has 0 unspecified atom stereocenters. The van der Waals surface area contributed by atoms with Crippen molar-refractivity contribution in [3.63, 3.8) is 0 Å². The number of hydrogen-bond acceptors (Lipinski definition) is 5. The van der Waals surface area contributed by atoms with Crippen LogP contribution in [0.25, 0.3) is 0 Å². The molecule has 0 bridgehead atoms. The van der Waals surface area contributed by atoms with Crippen molar-refractivity contribution in [2.24, 2.45) is 0 Å². The molecule has 0 aliphatic carbocycles. The number of nitrogens with zero attached hydrogens (tertiary/aromatic N) is 3. The van der Waals surface area contributed by atoms with E-state index >= 15 is 0 Å². The molecule has 0 aromatic carbocycles. The lowest BCUT2D eigenvalue weighted by Gasteiger charge is -2.08. The summed E-state index contributed by atoms with van der Waals surface area (Å²) in [5.74, 6) is -1.01. The highest BCUT2D eigenvalue weighted by atomic mass is 16.5. The lowest BCUT2D eigenvalue weighted by atomic mass is 10.2. The van der Waals surface area contributed by atoms with Crippen molar-refractivity contribution in [2.45, 2.75) is 6.61 Å². The predicted octanol–water partition coefficient (Wildman–Crippen LogP) is 1.63. The summed E-state index contributed by atoms with van der Waals surface area (Å²) in [5.41, 5.74) is 0.679. The molecule has 2 aromatic heterocycles. The number of rotatable bonds is 4. The summed E-state index contributed by atoms with van der Waals surface area (Å²) in [7, 11) is 0. The number of ether oxygens (including phenoxy) is 1. The third kappa shape index (κ3) is 2.84. The van der Waals surface area contributed by atoms with Crippen LogP contribution in [0.2, 0.25) is 0 Å². The van der Waals surface area contributed by atoms with E-state index in [-0.39, 0.29) is 23.7 Å². The van der Waals surface area contributed by atoms with E-state index in [2.05, 4.69) is 9.97 Å². The van der Waals surface area contributed by atoms with Crippen LogP contribution < -0.4 is 4.74 Å². The second-order valence-corrected chi connectivity index (χ2v) is 3.57. The normalized spacial score (nSPS) is 9.63. The van der Waals surface area contributed by atoms with E-state index in [1.807, 2.05) is 6.07 Å². The van der Waals surface area contributed by atoms with Crippen LogP contribution in [0, 0.1) is 11.3 Å². The lowest BCUT2D eigenvalue weighted by molar-refractivity contribution is 0.0685. The van der Waals surface area contributed by atoms with E-state index in [0.717, 1.165) is 0 Å². The molecule has 0 atom stereocenters. The van der Waals surface area contributed by atoms with Crippen LogP contribution in [0.1, 0.15) is 21.7 Å². The standard InChI is InChI=1S/C13H9N3O3/c14-7-10-9(3-1-5-15-10)8-19-11-4-2-6-16-12(11)13(17)18/h1-6H,8H2,(H,17,18). The van der Waals surface area contributed by atoms with Crippen LogP contribution in [0.3, 0.4) is 0 Å². The number of carbonyl (C=O) groups is 1. The molecule has 2 heterocycles. The van der Waals surface area contributed by atoms with Crippen LogP contribution in [-0.2, 0) is 6.61 Å². The van der Waals surface area contributed by atoms with Gasteiger partial charge in [-0.25, -0.2) is 14.8 Å². The Kier molecular flexibility index (Phi) is 3.69. The molecule has 1 N–H and O–H groups in total. The van der Waals surface area contributed by atoms with E-state index in [9.17, 15) is 4.79 Å². The Morgan fingerprint density at radius 1 is 1.32 bits per heavy atom. The van der Waals surface area contributed by atoms with Gasteiger partial charge in [0, 0.05) is 18.0 Å². The summed E-state index contributed by atoms with van der Waals surface area (Å²) >= 11 is 0. The minimum Gasteiger partial charge on any atom is -0.486 e. The number of aromatic carboxylic acids is 1. The van der Waals surface area contributed by atoms with E-state index in [1.54, 1.807) is 18.2 Å². The summed E-state index contributed by atoms with van der Waals surface area (Å²) in [5, 5.41) is 17.8. The number of carboxylic acids is 1. The topological polar surface area (TPSA) is 96.1 Å². The molecule has 6 nitrogen and oxygen atoms in total. The van der Waals surface area contributed by atoms with Gasteiger partial charge in [-0.3, -0.25) is 0 Å². The summed E-state index contributed by atoms with van der Waals surface area (Å²) in [6.07, 6.45) is 2.88. The maximum Gasteiger partial charge on any atom is 0.358 e. The van der Waals surface area contributed by atoms with Crippen LogP contribution in [-0.4, -0.2) is 21.0 Å². The Morgan fingerprint density at radius 2 is 2.05 bits per heavy atom. The first-order valence-electron chi connectivity index (χ1n) is 5.37. The summed E-state index contributed by atoms with van der Waals surface area (Å²) < 4.78 is 5.39. The Morgan fingerprint density at radius 3 is 2.79 bits per heavy atom. The molecule has 0 saturated carbocycles. The van der Waals surface area contributed by atoms with Crippen molar-refractivity contribution in [2.75, 3.05) is 0 Å². The molecule has 2 aromatic rings. The fourth-order valence-corrected chi connectivity index (χ4v) is 1.48. The van der Waals surface area contributed by atoms with Crippen molar-refractivity contribution in [3.8, 4) is 11.8 Å². The van der Waals surface area contributed by atoms with Gasteiger partial charge < -0.3 is 9.84 Å². The van der Waals surface area contributed by atoms with Crippen LogP contribution in [0.5, 0.6) is 5.75 Å². The van der Waals surface area contributed by atoms with Crippen molar-refractivity contribution in [1.82, 2.24) is 9.97 Å². The first-order chi connectivity index (χ1) is 9.22. The average molecular weight is 255 g/mol. The third-order valence-corrected chi connectivity index (χ3v) is 2.35. The number of aromatic nitrogens is 2. The van der Waals surface area contributed by atoms with E-state index in [0.29, 0.717) is 5.56 Å². The van der Waals surface area contributed by atoms with Crippen molar-refractivity contribution < 1.29 is 14.6 Å². The zero-order chi connectivity index (χ0) is 13.7. The van der Waals surface area contributed by atoms with E-state index in [1.165, 1.54) is 18.5 Å². The molecule has 2 rings (SSSR count). The summed E-state index contributed by atoms with van der Waals surface area (Å²) in [6, 6.07) is 8.42. The van der Waals surface area contributed by atoms with Gasteiger partial charge in [0.15, 0.2) is 11.4 Å². The average Bonchev–Trinajstić information content (AvgIpc) is 2.45. The molecule has 0 radical (unpaired) electrons. The van der Waals surface area contributed by atoms with Crippen molar-refractivity contribution >= 4 is 5.97 Å². The van der Waals surface area contributed by atoms with Crippen LogP contribution in [0.15, 0.2) is 36.7 Å². The number of carboxylic acid groups (broad SMARTS) is 1. The molecule has 0 fully saturated rings. The monoisotopic (exact) mass is 255 g/mol. The van der Waals surface area contributed by atoms with Gasteiger partial charge in [-0.15, -0.1) is 0 Å². The van der Waals surface area contributed by atoms with Gasteiger partial charge in [0.2, 0.25) is 0 Å². The van der Waals surface area contributed by atoms with Crippen LogP contribution >= 0.6 is 0 Å². The third-order valence-electron chi connectivity index (χ3n) is 2.35. The van der Waals surface area contributed by atoms with Gasteiger partial charge in [0.05, 0.1) is 0 Å². The molecule has 0 spiro atoms. The molecule has 6 heteroatoms. The Hall–Kier alpha value is -2.94. The van der Waals surface area contributed by atoms with Gasteiger partial charge in [0.25, 0.3) is 0 Å². The molecule has 19 heavy (non-hydrogen) atoms. The van der Waals surface area contributed by atoms with Crippen molar-refractivity contribution in [1.29, 1.82) is 5.26 Å². The second-order valence-electron chi connectivity index (χ2n) is 3.57. The smallest absolute Gasteiger partial charge is 0.358 e. The number of hydrogen-bond donors (Lipinski definition) is 1. The molecule has 0 amide bonds. The number of pyridine rings is 2. The fourth-order valence-electron chi connectivity index (χ4n) is 1.48. The quantitative estimate of drug-likeness (QED) is 0.891. The number of nitriles is 1. The van der Waals surface area contributed by atoms with Gasteiger partial charge in [-0.05, 0) is 18.2 Å². The SMILES string of the molecule is N#Cc1ncccc1COc1cccnc1C(=O)O. The van der Waals surface area contributed by atoms with Crippen LogP contribution in [0.4, 0.5) is 0 Å². The lowest BCUT2D eigenvalue weighted by Crippen LogP contribution is -2.06. The van der Waals surface area contributed by atoms with Gasteiger partial charge in [0.1, 0.15) is 18.4 Å². The molecule has 94 valence electrons. The van der Waals surface area contributed by atoms with Crippen molar-refractivity contribution in [3.05, 3.63) is 53.6 Å². The molecular weight excluding hydrogens is 246 g/mol. The largest absolute Gasteiger partial charge is 0.486 e. The van der Waals surface area contributed by atoms with E-state index in [4.69, 9.17) is 15.1 Å². The Bertz CT molecular complexity index is 650. The zero-order valence-corrected chi connectivity index (χ0v) is 9.78. The molecule has 0 aliphatic rings. The molecule has 0 aliphatic heterocycles.